The summed E-state index contributed by atoms with van der Waals surface area (Å²) in [5.74, 6) is -0.695. The van der Waals surface area contributed by atoms with E-state index in [4.69, 9.17) is 11.6 Å². The lowest BCUT2D eigenvalue weighted by molar-refractivity contribution is -0.203. The van der Waals surface area contributed by atoms with Crippen molar-refractivity contribution >= 4 is 11.8 Å². The fourth-order valence-corrected chi connectivity index (χ4v) is 10.1. The van der Waals surface area contributed by atoms with Gasteiger partial charge in [-0.1, -0.05) is 40.9 Å². The Hall–Kier alpha value is -1.72. The van der Waals surface area contributed by atoms with Gasteiger partial charge in [-0.15, -0.1) is 0 Å². The summed E-state index contributed by atoms with van der Waals surface area (Å²) in [6.07, 6.45) is 2.45. The highest BCUT2D eigenvalue weighted by Crippen LogP contribution is 2.69. The predicted molar refractivity (Wildman–Crippen MR) is 157 cm³/mol. The number of aliphatic hydroxyl groups is 2. The summed E-state index contributed by atoms with van der Waals surface area (Å²) >= 11 is 0. The van der Waals surface area contributed by atoms with E-state index in [1.54, 1.807) is 24.3 Å². The van der Waals surface area contributed by atoms with Crippen molar-refractivity contribution < 1.29 is 31.4 Å². The minimum atomic E-state index is -2.89. The number of hydrogen-bond donors (Lipinski definition) is 2. The maximum atomic E-state index is 12.8. The van der Waals surface area contributed by atoms with E-state index in [2.05, 4.69) is 20.8 Å². The maximum Gasteiger partial charge on any atom is 0.311 e. The van der Waals surface area contributed by atoms with Gasteiger partial charge in [-0.05, 0) is 128 Å². The molecule has 0 radical (unpaired) electrons. The summed E-state index contributed by atoms with van der Waals surface area (Å²) in [4.78, 5) is 24.7. The fraction of sp³-hybridized carbons (Fsp3) is 0.771. The first-order chi connectivity index (χ1) is 21.0. The standard InChI is InChI=1S/C35H52O5/c1-6-25-29-20-23(36)16-18-35(29,5)28-17-19-34(4)26(13-14-27(34)32(28)33(25)39)21(3)8-15-31(38)40-24-11-9-22(10-12-24)30(37)7-2/h9-12,21,23,25-29,32-33,36,39H,6-8,13-20H2,1-5H3/t21-,23?,25-,26-,27+,28+,29+,32+,33-,34-,35-/m1/s1/i1D3,6D2. The first-order valence-electron chi connectivity index (χ1n) is 18.2. The normalized spacial score (nSPS) is 43.9. The molecule has 0 heterocycles. The first-order valence-corrected chi connectivity index (χ1v) is 15.7. The molecular formula is C35H52O5. The van der Waals surface area contributed by atoms with Gasteiger partial charge in [0.1, 0.15) is 5.75 Å². The largest absolute Gasteiger partial charge is 0.427 e. The van der Waals surface area contributed by atoms with Crippen LogP contribution in [0.15, 0.2) is 24.3 Å². The zero-order chi connectivity index (χ0) is 33.1. The monoisotopic (exact) mass is 557 g/mol. The van der Waals surface area contributed by atoms with Gasteiger partial charge in [0.05, 0.1) is 12.2 Å². The molecule has 1 unspecified atom stereocenters. The third-order valence-corrected chi connectivity index (χ3v) is 12.2. The lowest BCUT2D eigenvalue weighted by Gasteiger charge is -2.64. The SMILES string of the molecule is [2H]C([2H])([2H])C([2H])([2H])[C@H]1[C@@H](O)[C@@H]2[C@H](CC[C@]3(C)[C@@H]([C@H](C)CCC(=O)Oc4ccc(C(=O)CC)cc4)CC[C@@H]23)[C@@]2(C)CCC(O)C[C@@H]12. The highest BCUT2D eigenvalue weighted by atomic mass is 16.5. The van der Waals surface area contributed by atoms with Crippen molar-refractivity contribution in [3.05, 3.63) is 29.8 Å². The minimum Gasteiger partial charge on any atom is -0.427 e. The van der Waals surface area contributed by atoms with Crippen LogP contribution in [0.4, 0.5) is 0 Å². The number of fused-ring (bicyclic) bond motifs is 5. The Balaban J connectivity index is 1.32. The Morgan fingerprint density at radius 1 is 1.05 bits per heavy atom. The van der Waals surface area contributed by atoms with Gasteiger partial charge >= 0.3 is 5.97 Å². The van der Waals surface area contributed by atoms with Gasteiger partial charge in [0.25, 0.3) is 0 Å². The van der Waals surface area contributed by atoms with E-state index in [0.717, 1.165) is 25.7 Å². The number of ether oxygens (including phenoxy) is 1. The van der Waals surface area contributed by atoms with E-state index in [-0.39, 0.29) is 52.7 Å². The highest BCUT2D eigenvalue weighted by molar-refractivity contribution is 5.95. The van der Waals surface area contributed by atoms with Crippen molar-refractivity contribution in [2.75, 3.05) is 0 Å². The number of ketones is 1. The van der Waals surface area contributed by atoms with E-state index in [9.17, 15) is 19.8 Å². The van der Waals surface area contributed by atoms with Gasteiger partial charge in [0, 0.05) is 25.3 Å². The number of hydrogen-bond acceptors (Lipinski definition) is 5. The molecule has 4 aliphatic rings. The second kappa shape index (κ2) is 11.5. The van der Waals surface area contributed by atoms with Crippen molar-refractivity contribution in [2.45, 2.75) is 117 Å². The molecule has 1 aromatic rings. The molecule has 11 atom stereocenters. The number of carbonyl (C=O) groups is 2. The molecule has 0 amide bonds. The minimum absolute atomic E-state index is 0.0396. The van der Waals surface area contributed by atoms with Crippen molar-refractivity contribution in [3.63, 3.8) is 0 Å². The number of rotatable bonds is 8. The molecule has 0 spiro atoms. The van der Waals surface area contributed by atoms with Gasteiger partial charge in [0.15, 0.2) is 5.78 Å². The van der Waals surface area contributed by atoms with Crippen molar-refractivity contribution in [3.8, 4) is 5.75 Å². The molecule has 40 heavy (non-hydrogen) atoms. The number of aliphatic hydroxyl groups excluding tert-OH is 2. The molecule has 0 bridgehead atoms. The number of esters is 1. The number of carbonyl (C=O) groups excluding carboxylic acids is 2. The molecule has 5 nitrogen and oxygen atoms in total. The number of benzene rings is 1. The van der Waals surface area contributed by atoms with Crippen LogP contribution >= 0.6 is 0 Å². The Kier molecular flexibility index (Phi) is 6.85. The Morgan fingerprint density at radius 3 is 2.45 bits per heavy atom. The van der Waals surface area contributed by atoms with Crippen molar-refractivity contribution in [1.82, 2.24) is 0 Å². The maximum absolute atomic E-state index is 12.8. The predicted octanol–water partition coefficient (Wildman–Crippen LogP) is 7.23. The lowest BCUT2D eigenvalue weighted by Crippen LogP contribution is -2.62. The van der Waals surface area contributed by atoms with E-state index < -0.39 is 37.3 Å². The average Bonchev–Trinajstić information content (AvgIpc) is 3.33. The summed E-state index contributed by atoms with van der Waals surface area (Å²) in [5.41, 5.74) is 0.143. The van der Waals surface area contributed by atoms with Crippen molar-refractivity contribution in [2.24, 2.45) is 52.3 Å². The van der Waals surface area contributed by atoms with Crippen LogP contribution in [0.25, 0.3) is 0 Å². The molecule has 4 aliphatic carbocycles. The smallest absolute Gasteiger partial charge is 0.311 e. The molecular weight excluding hydrogens is 500 g/mol. The zero-order valence-corrected chi connectivity index (χ0v) is 24.7. The summed E-state index contributed by atoms with van der Waals surface area (Å²) < 4.78 is 47.6. The highest BCUT2D eigenvalue weighted by Gasteiger charge is 2.64. The van der Waals surface area contributed by atoms with Crippen LogP contribution in [0.5, 0.6) is 5.75 Å². The van der Waals surface area contributed by atoms with E-state index >= 15 is 0 Å². The van der Waals surface area contributed by atoms with Crippen LogP contribution in [-0.4, -0.2) is 34.2 Å². The van der Waals surface area contributed by atoms with Crippen LogP contribution in [0.1, 0.15) is 122 Å². The summed E-state index contributed by atoms with van der Waals surface area (Å²) in [7, 11) is 0. The van der Waals surface area contributed by atoms with E-state index in [1.165, 1.54) is 0 Å². The van der Waals surface area contributed by atoms with Gasteiger partial charge in [-0.2, -0.15) is 0 Å². The summed E-state index contributed by atoms with van der Waals surface area (Å²) in [6, 6.07) is 6.67. The van der Waals surface area contributed by atoms with Crippen LogP contribution < -0.4 is 4.74 Å². The Bertz CT molecular complexity index is 1250. The molecule has 4 fully saturated rings. The van der Waals surface area contributed by atoms with Gasteiger partial charge in [-0.25, -0.2) is 0 Å². The van der Waals surface area contributed by atoms with Crippen molar-refractivity contribution in [1.29, 1.82) is 0 Å². The first kappa shape index (κ1) is 23.8. The fourth-order valence-electron chi connectivity index (χ4n) is 10.1. The van der Waals surface area contributed by atoms with Crippen LogP contribution in [0, 0.1) is 52.3 Å². The molecule has 1 aromatic carbocycles. The van der Waals surface area contributed by atoms with Gasteiger partial charge in [-0.3, -0.25) is 9.59 Å². The average molecular weight is 558 g/mol. The zero-order valence-electron chi connectivity index (χ0n) is 29.7. The number of Topliss-reactive ketones (excluding diaryl/α,β-unsaturated/α-hetero) is 1. The molecule has 0 aromatic heterocycles. The van der Waals surface area contributed by atoms with Gasteiger partial charge in [0.2, 0.25) is 0 Å². The Labute approximate surface area is 248 Å². The molecule has 0 saturated heterocycles. The molecule has 4 saturated carbocycles. The second-order valence-corrected chi connectivity index (χ2v) is 14.0. The van der Waals surface area contributed by atoms with E-state index in [0.29, 0.717) is 49.3 Å². The molecule has 0 aliphatic heterocycles. The molecule has 5 rings (SSSR count). The van der Waals surface area contributed by atoms with Gasteiger partial charge < -0.3 is 14.9 Å². The third-order valence-electron chi connectivity index (χ3n) is 12.2. The van der Waals surface area contributed by atoms with Crippen LogP contribution in [0.2, 0.25) is 0 Å². The van der Waals surface area contributed by atoms with Crippen LogP contribution in [-0.2, 0) is 4.79 Å². The molecule has 2 N–H and O–H groups in total. The third kappa shape index (κ3) is 5.08. The Morgan fingerprint density at radius 2 is 1.75 bits per heavy atom. The summed E-state index contributed by atoms with van der Waals surface area (Å²) in [5, 5.41) is 22.8. The second-order valence-electron chi connectivity index (χ2n) is 14.0. The molecule has 222 valence electrons. The quantitative estimate of drug-likeness (QED) is 0.200. The van der Waals surface area contributed by atoms with E-state index in [1.807, 2.05) is 6.92 Å². The summed E-state index contributed by atoms with van der Waals surface area (Å²) in [6.45, 7) is 5.59. The molecule has 5 heteroatoms. The van der Waals surface area contributed by atoms with Crippen LogP contribution in [0.3, 0.4) is 0 Å². The lowest BCUT2D eigenvalue weighted by atomic mass is 9.41. The topological polar surface area (TPSA) is 83.8 Å².